The Morgan fingerprint density at radius 2 is 2.21 bits per heavy atom. The van der Waals surface area contributed by atoms with Gasteiger partial charge < -0.3 is 10.3 Å². The number of aromatic nitrogens is 2. The Morgan fingerprint density at radius 1 is 1.37 bits per heavy atom. The minimum atomic E-state index is 0.231. The zero-order chi connectivity index (χ0) is 13.7. The highest BCUT2D eigenvalue weighted by Gasteiger charge is 2.07. The van der Waals surface area contributed by atoms with Crippen LogP contribution in [0, 0.1) is 6.92 Å². The van der Waals surface area contributed by atoms with Crippen molar-refractivity contribution in [1.29, 1.82) is 0 Å². The van der Waals surface area contributed by atoms with E-state index in [4.69, 9.17) is 10.3 Å². The Balaban J connectivity index is 1.90. The molecule has 0 spiro atoms. The van der Waals surface area contributed by atoms with E-state index in [1.807, 2.05) is 13.0 Å². The van der Waals surface area contributed by atoms with Crippen LogP contribution in [0.2, 0.25) is 0 Å². The second-order valence-corrected chi connectivity index (χ2v) is 5.14. The van der Waals surface area contributed by atoms with Crippen LogP contribution >= 0.6 is 0 Å². The van der Waals surface area contributed by atoms with Crippen molar-refractivity contribution < 1.29 is 4.52 Å². The zero-order valence-electron chi connectivity index (χ0n) is 11.6. The fourth-order valence-electron chi connectivity index (χ4n) is 2.04. The van der Waals surface area contributed by atoms with Gasteiger partial charge in [-0.05, 0) is 32.3 Å². The molecule has 0 aliphatic carbocycles. The summed E-state index contributed by atoms with van der Waals surface area (Å²) in [5, 5.41) is 4.02. The number of hydrogen-bond acceptors (Lipinski definition) is 4. The summed E-state index contributed by atoms with van der Waals surface area (Å²) in [5.41, 5.74) is 8.17. The molecule has 2 aromatic rings. The second-order valence-electron chi connectivity index (χ2n) is 5.14. The van der Waals surface area contributed by atoms with Gasteiger partial charge in [-0.2, -0.15) is 4.98 Å². The molecule has 1 atom stereocenters. The minimum absolute atomic E-state index is 0.231. The summed E-state index contributed by atoms with van der Waals surface area (Å²) in [6.07, 6.45) is 3.50. The van der Waals surface area contributed by atoms with E-state index < -0.39 is 0 Å². The first kappa shape index (κ1) is 13.7. The lowest BCUT2D eigenvalue weighted by Gasteiger charge is -2.01. The van der Waals surface area contributed by atoms with Crippen LogP contribution in [0.3, 0.4) is 0 Å². The van der Waals surface area contributed by atoms with E-state index in [0.717, 1.165) is 31.5 Å². The van der Waals surface area contributed by atoms with Crippen LogP contribution in [0.15, 0.2) is 28.8 Å². The van der Waals surface area contributed by atoms with E-state index >= 15 is 0 Å². The third-order valence-corrected chi connectivity index (χ3v) is 3.00. The van der Waals surface area contributed by atoms with Crippen molar-refractivity contribution in [3.8, 4) is 0 Å². The van der Waals surface area contributed by atoms with Crippen LogP contribution in [-0.2, 0) is 12.8 Å². The van der Waals surface area contributed by atoms with E-state index in [1.54, 1.807) is 0 Å². The first-order valence-electron chi connectivity index (χ1n) is 6.76. The summed E-state index contributed by atoms with van der Waals surface area (Å²) in [6, 6.07) is 8.59. The number of nitrogens with two attached hydrogens (primary N) is 1. The van der Waals surface area contributed by atoms with Crippen LogP contribution in [0.5, 0.6) is 0 Å². The molecule has 4 heteroatoms. The van der Waals surface area contributed by atoms with E-state index in [2.05, 4.69) is 35.3 Å². The highest BCUT2D eigenvalue weighted by Crippen LogP contribution is 2.10. The lowest BCUT2D eigenvalue weighted by Crippen LogP contribution is -2.14. The molecule has 0 aliphatic heterocycles. The molecule has 1 aromatic heterocycles. The van der Waals surface area contributed by atoms with Gasteiger partial charge in [0.15, 0.2) is 5.82 Å². The monoisotopic (exact) mass is 259 g/mol. The largest absolute Gasteiger partial charge is 0.339 e. The SMILES string of the molecule is Cc1cccc(Cc2noc(CCCC(C)N)n2)c1. The predicted octanol–water partition coefficient (Wildman–Crippen LogP) is 2.64. The maximum atomic E-state index is 5.71. The smallest absolute Gasteiger partial charge is 0.226 e. The van der Waals surface area contributed by atoms with Crippen LogP contribution < -0.4 is 5.73 Å². The molecule has 19 heavy (non-hydrogen) atoms. The highest BCUT2D eigenvalue weighted by molar-refractivity contribution is 5.24. The normalized spacial score (nSPS) is 12.6. The fraction of sp³-hybridized carbons (Fsp3) is 0.467. The Hall–Kier alpha value is -1.68. The van der Waals surface area contributed by atoms with Gasteiger partial charge in [0, 0.05) is 18.9 Å². The summed E-state index contributed by atoms with van der Waals surface area (Å²) >= 11 is 0. The molecule has 1 heterocycles. The Bertz CT molecular complexity index is 520. The molecule has 1 aromatic carbocycles. The number of rotatable bonds is 6. The standard InChI is InChI=1S/C15H21N3O/c1-11-5-3-7-13(9-11)10-14-17-15(19-18-14)8-4-6-12(2)16/h3,5,7,9,12H,4,6,8,10,16H2,1-2H3. The molecule has 2 rings (SSSR count). The van der Waals surface area contributed by atoms with Crippen molar-refractivity contribution in [3.63, 3.8) is 0 Å². The third-order valence-electron chi connectivity index (χ3n) is 3.00. The molecule has 1 unspecified atom stereocenters. The summed E-state index contributed by atoms with van der Waals surface area (Å²) in [7, 11) is 0. The molecule has 4 nitrogen and oxygen atoms in total. The molecule has 0 aliphatic rings. The van der Waals surface area contributed by atoms with Gasteiger partial charge in [-0.25, -0.2) is 0 Å². The first-order chi connectivity index (χ1) is 9.13. The average Bonchev–Trinajstić information content (AvgIpc) is 2.76. The van der Waals surface area contributed by atoms with Gasteiger partial charge >= 0.3 is 0 Å². The van der Waals surface area contributed by atoms with Gasteiger partial charge in [0.25, 0.3) is 0 Å². The number of aryl methyl sites for hydroxylation is 2. The van der Waals surface area contributed by atoms with E-state index in [9.17, 15) is 0 Å². The third kappa shape index (κ3) is 4.48. The number of benzene rings is 1. The van der Waals surface area contributed by atoms with E-state index in [1.165, 1.54) is 11.1 Å². The zero-order valence-corrected chi connectivity index (χ0v) is 11.6. The molecular weight excluding hydrogens is 238 g/mol. The van der Waals surface area contributed by atoms with Crippen molar-refractivity contribution >= 4 is 0 Å². The van der Waals surface area contributed by atoms with Gasteiger partial charge in [-0.3, -0.25) is 0 Å². The second kappa shape index (κ2) is 6.48. The summed E-state index contributed by atoms with van der Waals surface area (Å²) in [5.74, 6) is 1.46. The van der Waals surface area contributed by atoms with Crippen molar-refractivity contribution in [2.75, 3.05) is 0 Å². The Kier molecular flexibility index (Phi) is 4.68. The minimum Gasteiger partial charge on any atom is -0.339 e. The highest BCUT2D eigenvalue weighted by atomic mass is 16.5. The quantitative estimate of drug-likeness (QED) is 0.866. The van der Waals surface area contributed by atoms with Crippen molar-refractivity contribution in [2.45, 2.75) is 45.6 Å². The first-order valence-corrected chi connectivity index (χ1v) is 6.76. The van der Waals surface area contributed by atoms with Crippen LogP contribution in [-0.4, -0.2) is 16.2 Å². The van der Waals surface area contributed by atoms with Crippen LogP contribution in [0.1, 0.15) is 42.6 Å². The van der Waals surface area contributed by atoms with Gasteiger partial charge in [-0.1, -0.05) is 35.0 Å². The molecule has 102 valence electrons. The van der Waals surface area contributed by atoms with Gasteiger partial charge in [0.2, 0.25) is 5.89 Å². The van der Waals surface area contributed by atoms with Crippen LogP contribution in [0.25, 0.3) is 0 Å². The van der Waals surface area contributed by atoms with Gasteiger partial charge in [0.05, 0.1) is 0 Å². The van der Waals surface area contributed by atoms with Crippen molar-refractivity contribution in [1.82, 2.24) is 10.1 Å². The molecule has 2 N–H and O–H groups in total. The topological polar surface area (TPSA) is 64.9 Å². The fourth-order valence-corrected chi connectivity index (χ4v) is 2.04. The molecule has 0 bridgehead atoms. The van der Waals surface area contributed by atoms with Crippen molar-refractivity contribution in [2.24, 2.45) is 5.73 Å². The molecule has 0 radical (unpaired) electrons. The van der Waals surface area contributed by atoms with Gasteiger partial charge in [0.1, 0.15) is 0 Å². The molecule has 0 amide bonds. The number of hydrogen-bond donors (Lipinski definition) is 1. The summed E-state index contributed by atoms with van der Waals surface area (Å²) < 4.78 is 5.25. The average molecular weight is 259 g/mol. The molecule has 0 saturated carbocycles. The lowest BCUT2D eigenvalue weighted by atomic mass is 10.1. The maximum Gasteiger partial charge on any atom is 0.226 e. The molecule has 0 fully saturated rings. The van der Waals surface area contributed by atoms with Gasteiger partial charge in [-0.15, -0.1) is 0 Å². The molecular formula is C15H21N3O. The Labute approximate surface area is 114 Å². The summed E-state index contributed by atoms with van der Waals surface area (Å²) in [6.45, 7) is 4.09. The van der Waals surface area contributed by atoms with E-state index in [-0.39, 0.29) is 6.04 Å². The van der Waals surface area contributed by atoms with Crippen LogP contribution in [0.4, 0.5) is 0 Å². The summed E-state index contributed by atoms with van der Waals surface area (Å²) in [4.78, 5) is 4.41. The lowest BCUT2D eigenvalue weighted by molar-refractivity contribution is 0.368. The number of nitrogens with zero attached hydrogens (tertiary/aromatic N) is 2. The Morgan fingerprint density at radius 3 is 2.95 bits per heavy atom. The predicted molar refractivity (Wildman–Crippen MR) is 74.9 cm³/mol. The van der Waals surface area contributed by atoms with Crippen molar-refractivity contribution in [3.05, 3.63) is 47.1 Å². The maximum absolute atomic E-state index is 5.71. The molecule has 0 saturated heterocycles. The van der Waals surface area contributed by atoms with E-state index in [0.29, 0.717) is 5.89 Å².